The second kappa shape index (κ2) is 4.01. The molecule has 0 saturated heterocycles. The standard InChI is InChI=1S/C13H8F3N3/c14-6-3-10(16)12-11(4-6)18-13(19-12)8-5-7(17)1-2-9(8)15/h1-5H,17H2,(H,18,19). The summed E-state index contributed by atoms with van der Waals surface area (Å²) < 4.78 is 40.3. The molecular formula is C13H8F3N3. The predicted octanol–water partition coefficient (Wildman–Crippen LogP) is 3.23. The number of H-pyrrole nitrogens is 1. The van der Waals surface area contributed by atoms with E-state index in [0.29, 0.717) is 5.69 Å². The van der Waals surface area contributed by atoms with Crippen molar-refractivity contribution in [1.29, 1.82) is 0 Å². The maximum Gasteiger partial charge on any atom is 0.153 e. The number of halogens is 3. The van der Waals surface area contributed by atoms with Gasteiger partial charge < -0.3 is 10.7 Å². The van der Waals surface area contributed by atoms with E-state index in [-0.39, 0.29) is 22.4 Å². The minimum Gasteiger partial charge on any atom is -0.399 e. The van der Waals surface area contributed by atoms with E-state index in [4.69, 9.17) is 5.73 Å². The lowest BCUT2D eigenvalue weighted by atomic mass is 10.2. The molecule has 1 heterocycles. The van der Waals surface area contributed by atoms with Crippen molar-refractivity contribution in [2.45, 2.75) is 0 Å². The molecule has 0 fully saturated rings. The van der Waals surface area contributed by atoms with E-state index in [1.165, 1.54) is 18.2 Å². The van der Waals surface area contributed by atoms with Gasteiger partial charge in [0.2, 0.25) is 0 Å². The van der Waals surface area contributed by atoms with E-state index in [2.05, 4.69) is 9.97 Å². The van der Waals surface area contributed by atoms with Gasteiger partial charge in [0.1, 0.15) is 23.0 Å². The number of fused-ring (bicyclic) bond motifs is 1. The molecule has 0 amide bonds. The first-order valence-electron chi connectivity index (χ1n) is 5.45. The minimum atomic E-state index is -0.804. The Hall–Kier alpha value is -2.50. The van der Waals surface area contributed by atoms with E-state index in [1.807, 2.05) is 0 Å². The maximum absolute atomic E-state index is 13.7. The second-order valence-electron chi connectivity index (χ2n) is 4.11. The fourth-order valence-electron chi connectivity index (χ4n) is 1.89. The Morgan fingerprint density at radius 3 is 2.58 bits per heavy atom. The van der Waals surface area contributed by atoms with E-state index >= 15 is 0 Å². The number of rotatable bonds is 1. The quantitative estimate of drug-likeness (QED) is 0.662. The van der Waals surface area contributed by atoms with Crippen molar-refractivity contribution >= 4 is 16.7 Å². The Morgan fingerprint density at radius 2 is 1.79 bits per heavy atom. The minimum absolute atomic E-state index is 0.0433. The van der Waals surface area contributed by atoms with Gasteiger partial charge >= 0.3 is 0 Å². The molecule has 0 aliphatic heterocycles. The summed E-state index contributed by atoms with van der Waals surface area (Å²) in [6.45, 7) is 0. The van der Waals surface area contributed by atoms with Gasteiger partial charge in [-0.15, -0.1) is 0 Å². The molecule has 3 rings (SSSR count). The van der Waals surface area contributed by atoms with Crippen LogP contribution in [0.4, 0.5) is 18.9 Å². The third-order valence-corrected chi connectivity index (χ3v) is 2.75. The molecule has 3 nitrogen and oxygen atoms in total. The number of hydrogen-bond acceptors (Lipinski definition) is 2. The molecule has 96 valence electrons. The number of nitrogen functional groups attached to an aromatic ring is 1. The van der Waals surface area contributed by atoms with Crippen LogP contribution in [0.1, 0.15) is 0 Å². The van der Waals surface area contributed by atoms with E-state index in [1.54, 1.807) is 0 Å². The highest BCUT2D eigenvalue weighted by Crippen LogP contribution is 2.26. The molecule has 3 N–H and O–H groups in total. The first kappa shape index (κ1) is 11.6. The van der Waals surface area contributed by atoms with Crippen molar-refractivity contribution in [1.82, 2.24) is 9.97 Å². The summed E-state index contributed by atoms with van der Waals surface area (Å²) in [5.41, 5.74) is 6.15. The summed E-state index contributed by atoms with van der Waals surface area (Å²) in [6, 6.07) is 5.79. The Labute approximate surface area is 105 Å². The number of aromatic amines is 1. The molecule has 0 aliphatic rings. The molecule has 3 aromatic rings. The van der Waals surface area contributed by atoms with Gasteiger partial charge in [-0.1, -0.05) is 0 Å². The Morgan fingerprint density at radius 1 is 1.00 bits per heavy atom. The highest BCUT2D eigenvalue weighted by molar-refractivity contribution is 5.80. The Bertz CT molecular complexity index is 780. The summed E-state index contributed by atoms with van der Waals surface area (Å²) in [4.78, 5) is 6.61. The van der Waals surface area contributed by atoms with Gasteiger partial charge in [-0.25, -0.2) is 18.2 Å². The fourth-order valence-corrected chi connectivity index (χ4v) is 1.89. The monoisotopic (exact) mass is 263 g/mol. The molecule has 0 radical (unpaired) electrons. The highest BCUT2D eigenvalue weighted by Gasteiger charge is 2.14. The van der Waals surface area contributed by atoms with Crippen LogP contribution in [0.2, 0.25) is 0 Å². The van der Waals surface area contributed by atoms with Gasteiger partial charge in [-0.3, -0.25) is 0 Å². The van der Waals surface area contributed by atoms with Crippen LogP contribution in [0.25, 0.3) is 22.4 Å². The summed E-state index contributed by atoms with van der Waals surface area (Å²) in [5.74, 6) is -1.98. The Kier molecular flexibility index (Phi) is 2.45. The van der Waals surface area contributed by atoms with Gasteiger partial charge in [-0.05, 0) is 24.3 Å². The fraction of sp³-hybridized carbons (Fsp3) is 0. The van der Waals surface area contributed by atoms with E-state index < -0.39 is 17.5 Å². The van der Waals surface area contributed by atoms with Crippen LogP contribution in [0.5, 0.6) is 0 Å². The number of nitrogens with one attached hydrogen (secondary N) is 1. The van der Waals surface area contributed by atoms with Crippen LogP contribution in [0, 0.1) is 17.5 Å². The SMILES string of the molecule is Nc1ccc(F)c(-c2nc3c(F)cc(F)cc3[nH]2)c1. The van der Waals surface area contributed by atoms with Crippen LogP contribution in [-0.2, 0) is 0 Å². The lowest BCUT2D eigenvalue weighted by Gasteiger charge is -2.00. The van der Waals surface area contributed by atoms with Crippen molar-refractivity contribution in [3.05, 3.63) is 47.8 Å². The molecule has 1 aromatic heterocycles. The zero-order valence-electron chi connectivity index (χ0n) is 9.55. The molecule has 19 heavy (non-hydrogen) atoms. The molecule has 0 saturated carbocycles. The van der Waals surface area contributed by atoms with Crippen LogP contribution < -0.4 is 5.73 Å². The zero-order valence-corrected chi connectivity index (χ0v) is 9.55. The molecular weight excluding hydrogens is 255 g/mol. The normalized spacial score (nSPS) is 11.1. The second-order valence-corrected chi connectivity index (χ2v) is 4.11. The lowest BCUT2D eigenvalue weighted by Crippen LogP contribution is -1.90. The summed E-state index contributed by atoms with van der Waals surface area (Å²) in [6.07, 6.45) is 0. The van der Waals surface area contributed by atoms with E-state index in [0.717, 1.165) is 12.1 Å². The number of aromatic nitrogens is 2. The van der Waals surface area contributed by atoms with E-state index in [9.17, 15) is 13.2 Å². The molecule has 0 spiro atoms. The summed E-state index contributed by atoms with van der Waals surface area (Å²) >= 11 is 0. The summed E-state index contributed by atoms with van der Waals surface area (Å²) in [5, 5.41) is 0. The predicted molar refractivity (Wildman–Crippen MR) is 65.8 cm³/mol. The molecule has 2 aromatic carbocycles. The molecule has 0 aliphatic carbocycles. The Balaban J connectivity index is 2.26. The van der Waals surface area contributed by atoms with Crippen LogP contribution in [0.3, 0.4) is 0 Å². The number of hydrogen-bond donors (Lipinski definition) is 2. The van der Waals surface area contributed by atoms with Crippen molar-refractivity contribution in [2.24, 2.45) is 0 Å². The topological polar surface area (TPSA) is 54.7 Å². The van der Waals surface area contributed by atoms with Gasteiger partial charge in [0.05, 0.1) is 11.1 Å². The molecule has 0 atom stereocenters. The first-order valence-corrected chi connectivity index (χ1v) is 5.45. The van der Waals surface area contributed by atoms with Crippen molar-refractivity contribution in [3.63, 3.8) is 0 Å². The number of anilines is 1. The molecule has 0 bridgehead atoms. The average molecular weight is 263 g/mol. The van der Waals surface area contributed by atoms with Crippen molar-refractivity contribution < 1.29 is 13.2 Å². The largest absolute Gasteiger partial charge is 0.399 e. The molecule has 6 heteroatoms. The van der Waals surface area contributed by atoms with Gasteiger partial charge in [0.15, 0.2) is 5.82 Å². The van der Waals surface area contributed by atoms with Crippen LogP contribution >= 0.6 is 0 Å². The van der Waals surface area contributed by atoms with Crippen LogP contribution in [-0.4, -0.2) is 9.97 Å². The number of nitrogens with zero attached hydrogens (tertiary/aromatic N) is 1. The zero-order chi connectivity index (χ0) is 13.6. The summed E-state index contributed by atoms with van der Waals surface area (Å²) in [7, 11) is 0. The van der Waals surface area contributed by atoms with Crippen LogP contribution in [0.15, 0.2) is 30.3 Å². The smallest absolute Gasteiger partial charge is 0.153 e. The average Bonchev–Trinajstić information content (AvgIpc) is 2.76. The first-order chi connectivity index (χ1) is 9.04. The number of imidazole rings is 1. The highest BCUT2D eigenvalue weighted by atomic mass is 19.1. The van der Waals surface area contributed by atoms with Gasteiger partial charge in [0.25, 0.3) is 0 Å². The third kappa shape index (κ3) is 1.91. The van der Waals surface area contributed by atoms with Crippen molar-refractivity contribution in [2.75, 3.05) is 5.73 Å². The number of nitrogens with two attached hydrogens (primary N) is 1. The number of benzene rings is 2. The lowest BCUT2D eigenvalue weighted by molar-refractivity contribution is 0.590. The van der Waals surface area contributed by atoms with Crippen molar-refractivity contribution in [3.8, 4) is 11.4 Å². The molecule has 0 unspecified atom stereocenters. The van der Waals surface area contributed by atoms with Gasteiger partial charge in [-0.2, -0.15) is 0 Å². The third-order valence-electron chi connectivity index (χ3n) is 2.75. The van der Waals surface area contributed by atoms with Gasteiger partial charge in [0, 0.05) is 11.8 Å². The maximum atomic E-state index is 13.7.